The van der Waals surface area contributed by atoms with Crippen LogP contribution in [0.2, 0.25) is 0 Å². The highest BCUT2D eigenvalue weighted by Crippen LogP contribution is 2.19. The van der Waals surface area contributed by atoms with Crippen molar-refractivity contribution >= 4 is 5.69 Å². The standard InChI is InChI=1S/C9H11F2N/c1-2-3-6-7(10)4-5-8(12)9(6)11/h4-5H,2-3,12H2,1H3. The summed E-state index contributed by atoms with van der Waals surface area (Å²) in [5, 5.41) is 0. The van der Waals surface area contributed by atoms with E-state index in [0.29, 0.717) is 12.8 Å². The molecule has 0 spiro atoms. The van der Waals surface area contributed by atoms with Crippen LogP contribution in [0.1, 0.15) is 18.9 Å². The van der Waals surface area contributed by atoms with Gasteiger partial charge in [-0.25, -0.2) is 8.78 Å². The number of hydrogen-bond acceptors (Lipinski definition) is 1. The Morgan fingerprint density at radius 1 is 1.33 bits per heavy atom. The molecule has 0 saturated carbocycles. The van der Waals surface area contributed by atoms with Gasteiger partial charge in [0, 0.05) is 5.56 Å². The predicted octanol–water partition coefficient (Wildman–Crippen LogP) is 2.50. The summed E-state index contributed by atoms with van der Waals surface area (Å²) in [6.07, 6.45) is 1.10. The van der Waals surface area contributed by atoms with Crippen LogP contribution in [-0.4, -0.2) is 0 Å². The summed E-state index contributed by atoms with van der Waals surface area (Å²) in [5.41, 5.74) is 5.39. The van der Waals surface area contributed by atoms with Crippen molar-refractivity contribution < 1.29 is 8.78 Å². The number of benzene rings is 1. The van der Waals surface area contributed by atoms with Crippen molar-refractivity contribution in [2.24, 2.45) is 0 Å². The van der Waals surface area contributed by atoms with Crippen LogP contribution in [0, 0.1) is 11.6 Å². The smallest absolute Gasteiger partial charge is 0.152 e. The summed E-state index contributed by atoms with van der Waals surface area (Å²) in [5.74, 6) is -1.12. The first-order valence-electron chi connectivity index (χ1n) is 3.89. The molecule has 0 aliphatic heterocycles. The van der Waals surface area contributed by atoms with E-state index in [1.165, 1.54) is 12.1 Å². The minimum atomic E-state index is -0.614. The lowest BCUT2D eigenvalue weighted by atomic mass is 10.1. The van der Waals surface area contributed by atoms with Crippen LogP contribution in [0.3, 0.4) is 0 Å². The molecule has 0 unspecified atom stereocenters. The molecule has 2 N–H and O–H groups in total. The zero-order valence-electron chi connectivity index (χ0n) is 6.90. The van der Waals surface area contributed by atoms with Gasteiger partial charge in [0.25, 0.3) is 0 Å². The molecular weight excluding hydrogens is 160 g/mol. The summed E-state index contributed by atoms with van der Waals surface area (Å²) in [7, 11) is 0. The number of nitrogen functional groups attached to an aromatic ring is 1. The Labute approximate surface area is 70.2 Å². The van der Waals surface area contributed by atoms with Crippen LogP contribution in [-0.2, 0) is 6.42 Å². The molecular formula is C9H11F2N. The van der Waals surface area contributed by atoms with E-state index in [1.807, 2.05) is 6.92 Å². The SMILES string of the molecule is CCCc1c(F)ccc(N)c1F. The zero-order valence-corrected chi connectivity index (χ0v) is 6.90. The van der Waals surface area contributed by atoms with Gasteiger partial charge in [-0.1, -0.05) is 13.3 Å². The fourth-order valence-electron chi connectivity index (χ4n) is 1.09. The maximum Gasteiger partial charge on any atom is 0.152 e. The van der Waals surface area contributed by atoms with Gasteiger partial charge in [-0.2, -0.15) is 0 Å². The molecule has 1 aromatic carbocycles. The van der Waals surface area contributed by atoms with Crippen LogP contribution in [0.15, 0.2) is 12.1 Å². The van der Waals surface area contributed by atoms with E-state index in [0.717, 1.165) is 0 Å². The van der Waals surface area contributed by atoms with Gasteiger partial charge in [-0.3, -0.25) is 0 Å². The Morgan fingerprint density at radius 2 is 2.00 bits per heavy atom. The molecule has 0 atom stereocenters. The number of anilines is 1. The fraction of sp³-hybridized carbons (Fsp3) is 0.333. The third kappa shape index (κ3) is 1.55. The summed E-state index contributed by atoms with van der Waals surface area (Å²) in [4.78, 5) is 0. The summed E-state index contributed by atoms with van der Waals surface area (Å²) in [6, 6.07) is 2.44. The molecule has 0 amide bonds. The second-order valence-corrected chi connectivity index (χ2v) is 2.68. The Morgan fingerprint density at radius 3 is 2.58 bits per heavy atom. The fourth-order valence-corrected chi connectivity index (χ4v) is 1.09. The van der Waals surface area contributed by atoms with E-state index in [9.17, 15) is 8.78 Å². The Balaban J connectivity index is 3.14. The van der Waals surface area contributed by atoms with Crippen molar-refractivity contribution in [2.45, 2.75) is 19.8 Å². The van der Waals surface area contributed by atoms with Crippen molar-refractivity contribution in [3.8, 4) is 0 Å². The Bertz CT molecular complexity index is 284. The first-order chi connectivity index (χ1) is 5.66. The maximum atomic E-state index is 13.1. The third-order valence-electron chi connectivity index (χ3n) is 1.72. The average Bonchev–Trinajstić information content (AvgIpc) is 2.06. The molecule has 1 rings (SSSR count). The second-order valence-electron chi connectivity index (χ2n) is 2.68. The zero-order chi connectivity index (χ0) is 9.14. The molecule has 3 heteroatoms. The van der Waals surface area contributed by atoms with Gasteiger partial charge in [0.1, 0.15) is 5.82 Å². The van der Waals surface area contributed by atoms with Crippen molar-refractivity contribution in [2.75, 3.05) is 5.73 Å². The molecule has 0 heterocycles. The number of nitrogens with two attached hydrogens (primary N) is 1. The predicted molar refractivity (Wildman–Crippen MR) is 44.8 cm³/mol. The Kier molecular flexibility index (Phi) is 2.63. The maximum absolute atomic E-state index is 13.1. The van der Waals surface area contributed by atoms with Crippen LogP contribution in [0.5, 0.6) is 0 Å². The molecule has 0 fully saturated rings. The normalized spacial score (nSPS) is 10.2. The molecule has 0 aromatic heterocycles. The molecule has 66 valence electrons. The van der Waals surface area contributed by atoms with E-state index < -0.39 is 11.6 Å². The van der Waals surface area contributed by atoms with Crippen LogP contribution < -0.4 is 5.73 Å². The molecule has 1 nitrogen and oxygen atoms in total. The third-order valence-corrected chi connectivity index (χ3v) is 1.72. The van der Waals surface area contributed by atoms with Gasteiger partial charge in [0.15, 0.2) is 5.82 Å². The highest BCUT2D eigenvalue weighted by molar-refractivity contribution is 5.43. The summed E-state index contributed by atoms with van der Waals surface area (Å²) in [6.45, 7) is 1.86. The van der Waals surface area contributed by atoms with E-state index in [4.69, 9.17) is 5.73 Å². The number of halogens is 2. The molecule has 0 aliphatic carbocycles. The van der Waals surface area contributed by atoms with E-state index in [2.05, 4.69) is 0 Å². The lowest BCUT2D eigenvalue weighted by Gasteiger charge is -2.04. The highest BCUT2D eigenvalue weighted by atomic mass is 19.1. The van der Waals surface area contributed by atoms with Gasteiger partial charge < -0.3 is 5.73 Å². The van der Waals surface area contributed by atoms with E-state index in [-0.39, 0.29) is 11.3 Å². The minimum Gasteiger partial charge on any atom is -0.396 e. The molecule has 1 aromatic rings. The topological polar surface area (TPSA) is 26.0 Å². The number of hydrogen-bond donors (Lipinski definition) is 1. The lowest BCUT2D eigenvalue weighted by molar-refractivity contribution is 0.556. The largest absolute Gasteiger partial charge is 0.396 e. The minimum absolute atomic E-state index is 0.0138. The first-order valence-corrected chi connectivity index (χ1v) is 3.89. The quantitative estimate of drug-likeness (QED) is 0.680. The highest BCUT2D eigenvalue weighted by Gasteiger charge is 2.09. The van der Waals surface area contributed by atoms with Gasteiger partial charge in [-0.05, 0) is 18.6 Å². The molecule has 0 aliphatic rings. The summed E-state index contributed by atoms with van der Waals surface area (Å²) >= 11 is 0. The van der Waals surface area contributed by atoms with Crippen LogP contribution in [0.25, 0.3) is 0 Å². The van der Waals surface area contributed by atoms with Crippen molar-refractivity contribution in [3.05, 3.63) is 29.3 Å². The van der Waals surface area contributed by atoms with Crippen molar-refractivity contribution in [1.82, 2.24) is 0 Å². The van der Waals surface area contributed by atoms with E-state index >= 15 is 0 Å². The number of rotatable bonds is 2. The lowest BCUT2D eigenvalue weighted by Crippen LogP contribution is -1.99. The van der Waals surface area contributed by atoms with Gasteiger partial charge in [-0.15, -0.1) is 0 Å². The van der Waals surface area contributed by atoms with Crippen molar-refractivity contribution in [3.63, 3.8) is 0 Å². The molecule has 0 radical (unpaired) electrons. The van der Waals surface area contributed by atoms with Gasteiger partial charge in [0.05, 0.1) is 5.69 Å². The van der Waals surface area contributed by atoms with Gasteiger partial charge in [0.2, 0.25) is 0 Å². The van der Waals surface area contributed by atoms with Crippen molar-refractivity contribution in [1.29, 1.82) is 0 Å². The second kappa shape index (κ2) is 3.52. The monoisotopic (exact) mass is 171 g/mol. The van der Waals surface area contributed by atoms with Gasteiger partial charge >= 0.3 is 0 Å². The van der Waals surface area contributed by atoms with Crippen LogP contribution >= 0.6 is 0 Å². The molecule has 0 saturated heterocycles. The first kappa shape index (κ1) is 8.97. The molecule has 12 heavy (non-hydrogen) atoms. The van der Waals surface area contributed by atoms with E-state index in [1.54, 1.807) is 0 Å². The van der Waals surface area contributed by atoms with Crippen LogP contribution in [0.4, 0.5) is 14.5 Å². The Hall–Kier alpha value is -1.12. The average molecular weight is 171 g/mol. The molecule has 0 bridgehead atoms. The summed E-state index contributed by atoms with van der Waals surface area (Å²) < 4.78 is 26.0.